The van der Waals surface area contributed by atoms with E-state index < -0.39 is 52.4 Å². The Labute approximate surface area is 97.1 Å². The first-order chi connectivity index (χ1) is 7.90. The molecule has 1 unspecified atom stereocenters. The second-order valence-corrected chi connectivity index (χ2v) is 4.08. The molecule has 1 rings (SSSR count). The summed E-state index contributed by atoms with van der Waals surface area (Å²) < 4.78 is 64.2. The third-order valence-electron chi connectivity index (χ3n) is 1.80. The van der Waals surface area contributed by atoms with Crippen molar-refractivity contribution in [3.05, 3.63) is 29.1 Å². The van der Waals surface area contributed by atoms with Gasteiger partial charge in [0, 0.05) is 5.75 Å². The van der Waals surface area contributed by atoms with Gasteiger partial charge in [-0.05, 0) is 0 Å². The van der Waals surface area contributed by atoms with Crippen molar-refractivity contribution < 1.29 is 32.2 Å². The zero-order chi connectivity index (χ0) is 13.2. The van der Waals surface area contributed by atoms with Gasteiger partial charge in [-0.25, -0.2) is 22.0 Å². The van der Waals surface area contributed by atoms with E-state index >= 15 is 0 Å². The molecule has 0 aromatic heterocycles. The average molecular weight is 274 g/mol. The largest absolute Gasteiger partial charge is 0.394 e. The molecule has 2 N–H and O–H groups in total. The van der Waals surface area contributed by atoms with E-state index in [1.807, 2.05) is 0 Å². The number of benzene rings is 1. The van der Waals surface area contributed by atoms with Gasteiger partial charge in [-0.2, -0.15) is 0 Å². The topological polar surface area (TPSA) is 40.5 Å². The normalized spacial score (nSPS) is 12.9. The van der Waals surface area contributed by atoms with E-state index in [9.17, 15) is 22.0 Å². The molecule has 2 nitrogen and oxygen atoms in total. The summed E-state index contributed by atoms with van der Waals surface area (Å²) in [4.78, 5) is -1.08. The molecular weight excluding hydrogens is 267 g/mol. The molecular formula is C9H7F5O2S. The Kier molecular flexibility index (Phi) is 4.72. The van der Waals surface area contributed by atoms with Crippen LogP contribution in [0, 0.1) is 29.1 Å². The number of rotatable bonds is 4. The van der Waals surface area contributed by atoms with Crippen LogP contribution in [0.3, 0.4) is 0 Å². The molecule has 0 saturated heterocycles. The van der Waals surface area contributed by atoms with Crippen LogP contribution in [0.5, 0.6) is 0 Å². The molecule has 0 bridgehead atoms. The summed E-state index contributed by atoms with van der Waals surface area (Å²) in [6.45, 7) is -0.678. The first kappa shape index (κ1) is 14.2. The van der Waals surface area contributed by atoms with Crippen LogP contribution in [-0.2, 0) is 0 Å². The Bertz CT molecular complexity index is 397. The number of halogens is 5. The monoisotopic (exact) mass is 274 g/mol. The van der Waals surface area contributed by atoms with Gasteiger partial charge in [-0.1, -0.05) is 0 Å². The summed E-state index contributed by atoms with van der Waals surface area (Å²) in [5, 5.41) is 17.4. The molecule has 1 aromatic rings. The van der Waals surface area contributed by atoms with E-state index in [0.717, 1.165) is 0 Å². The van der Waals surface area contributed by atoms with Crippen LogP contribution in [0.25, 0.3) is 0 Å². The number of aliphatic hydroxyl groups is 2. The highest BCUT2D eigenvalue weighted by Gasteiger charge is 2.26. The fraction of sp³-hybridized carbons (Fsp3) is 0.333. The molecule has 1 aromatic carbocycles. The molecule has 8 heteroatoms. The van der Waals surface area contributed by atoms with E-state index in [-0.39, 0.29) is 11.8 Å². The van der Waals surface area contributed by atoms with Gasteiger partial charge in [-0.15, -0.1) is 11.8 Å². The van der Waals surface area contributed by atoms with Crippen molar-refractivity contribution >= 4 is 11.8 Å². The van der Waals surface area contributed by atoms with Gasteiger partial charge < -0.3 is 10.2 Å². The van der Waals surface area contributed by atoms with Crippen molar-refractivity contribution in [1.29, 1.82) is 0 Å². The molecule has 0 aliphatic heterocycles. The molecule has 17 heavy (non-hydrogen) atoms. The van der Waals surface area contributed by atoms with Gasteiger partial charge in [0.15, 0.2) is 23.3 Å². The summed E-state index contributed by atoms with van der Waals surface area (Å²) >= 11 is 0.237. The number of aliphatic hydroxyl groups excluding tert-OH is 2. The van der Waals surface area contributed by atoms with Crippen molar-refractivity contribution in [2.45, 2.75) is 11.0 Å². The zero-order valence-electron chi connectivity index (χ0n) is 8.18. The van der Waals surface area contributed by atoms with E-state index in [0.29, 0.717) is 0 Å². The highest BCUT2D eigenvalue weighted by molar-refractivity contribution is 7.99. The smallest absolute Gasteiger partial charge is 0.200 e. The van der Waals surface area contributed by atoms with Crippen LogP contribution in [0.2, 0.25) is 0 Å². The quantitative estimate of drug-likeness (QED) is 0.381. The van der Waals surface area contributed by atoms with Gasteiger partial charge in [0.1, 0.15) is 0 Å². The van der Waals surface area contributed by atoms with Crippen LogP contribution < -0.4 is 0 Å². The highest BCUT2D eigenvalue weighted by atomic mass is 32.2. The second-order valence-electron chi connectivity index (χ2n) is 3.05. The third kappa shape index (κ3) is 2.88. The Morgan fingerprint density at radius 2 is 1.29 bits per heavy atom. The lowest BCUT2D eigenvalue weighted by Crippen LogP contribution is -2.15. The lowest BCUT2D eigenvalue weighted by Gasteiger charge is -2.09. The van der Waals surface area contributed by atoms with Crippen molar-refractivity contribution in [1.82, 2.24) is 0 Å². The Hall–Kier alpha value is -0.860. The lowest BCUT2D eigenvalue weighted by atomic mass is 10.3. The van der Waals surface area contributed by atoms with E-state index in [1.165, 1.54) is 0 Å². The van der Waals surface area contributed by atoms with Crippen LogP contribution in [0.1, 0.15) is 0 Å². The van der Waals surface area contributed by atoms with Gasteiger partial charge in [0.05, 0.1) is 17.6 Å². The molecule has 0 aliphatic rings. The molecule has 0 spiro atoms. The molecule has 0 radical (unpaired) electrons. The molecule has 0 amide bonds. The molecule has 96 valence electrons. The number of hydrogen-bond donors (Lipinski definition) is 2. The van der Waals surface area contributed by atoms with E-state index in [1.54, 1.807) is 0 Å². The van der Waals surface area contributed by atoms with Crippen LogP contribution in [0.4, 0.5) is 22.0 Å². The minimum absolute atomic E-state index is 0.237. The Morgan fingerprint density at radius 3 is 1.71 bits per heavy atom. The van der Waals surface area contributed by atoms with Crippen molar-refractivity contribution in [2.75, 3.05) is 12.4 Å². The van der Waals surface area contributed by atoms with Gasteiger partial charge in [-0.3, -0.25) is 0 Å². The fourth-order valence-electron chi connectivity index (χ4n) is 0.944. The standard InChI is InChI=1S/C9H7F5O2S/c10-4-5(11)7(13)9(8(14)6(4)12)17-2-3(16)1-15/h3,15-16H,1-2H2. The second kappa shape index (κ2) is 5.65. The minimum Gasteiger partial charge on any atom is -0.394 e. The third-order valence-corrected chi connectivity index (χ3v) is 3.00. The maximum absolute atomic E-state index is 13.1. The first-order valence-corrected chi connectivity index (χ1v) is 5.31. The van der Waals surface area contributed by atoms with Crippen LogP contribution in [-0.4, -0.2) is 28.7 Å². The summed E-state index contributed by atoms with van der Waals surface area (Å²) in [6, 6.07) is 0. The number of hydrogen-bond acceptors (Lipinski definition) is 3. The molecule has 1 atom stereocenters. The molecule has 0 heterocycles. The van der Waals surface area contributed by atoms with Gasteiger partial charge in [0.25, 0.3) is 0 Å². The number of thioether (sulfide) groups is 1. The van der Waals surface area contributed by atoms with E-state index in [4.69, 9.17) is 10.2 Å². The first-order valence-electron chi connectivity index (χ1n) is 4.33. The van der Waals surface area contributed by atoms with Crippen molar-refractivity contribution in [2.24, 2.45) is 0 Å². The molecule has 0 aliphatic carbocycles. The Morgan fingerprint density at radius 1 is 0.882 bits per heavy atom. The van der Waals surface area contributed by atoms with Gasteiger partial charge in [0.2, 0.25) is 5.82 Å². The summed E-state index contributed by atoms with van der Waals surface area (Å²) in [7, 11) is 0. The average Bonchev–Trinajstić information content (AvgIpc) is 2.33. The molecule has 0 fully saturated rings. The predicted molar refractivity (Wildman–Crippen MR) is 50.0 cm³/mol. The fourth-order valence-corrected chi connectivity index (χ4v) is 1.84. The van der Waals surface area contributed by atoms with Crippen LogP contribution in [0.15, 0.2) is 4.90 Å². The lowest BCUT2D eigenvalue weighted by molar-refractivity contribution is 0.113. The van der Waals surface area contributed by atoms with E-state index in [2.05, 4.69) is 0 Å². The minimum atomic E-state index is -2.23. The summed E-state index contributed by atoms with van der Waals surface area (Å²) in [5.41, 5.74) is 0. The Balaban J connectivity index is 3.07. The molecule has 0 saturated carbocycles. The summed E-state index contributed by atoms with van der Waals surface area (Å²) in [5.74, 6) is -10.6. The van der Waals surface area contributed by atoms with Crippen molar-refractivity contribution in [3.63, 3.8) is 0 Å². The van der Waals surface area contributed by atoms with Crippen molar-refractivity contribution in [3.8, 4) is 0 Å². The maximum Gasteiger partial charge on any atom is 0.200 e. The maximum atomic E-state index is 13.1. The zero-order valence-corrected chi connectivity index (χ0v) is 9.00. The highest BCUT2D eigenvalue weighted by Crippen LogP contribution is 2.31. The van der Waals surface area contributed by atoms with Crippen LogP contribution >= 0.6 is 11.8 Å². The summed E-state index contributed by atoms with van der Waals surface area (Å²) in [6.07, 6.45) is -1.31. The SMILES string of the molecule is OCC(O)CSc1c(F)c(F)c(F)c(F)c1F. The van der Waals surface area contributed by atoms with Gasteiger partial charge >= 0.3 is 0 Å². The predicted octanol–water partition coefficient (Wildman–Crippen LogP) is 1.83.